The molecule has 21 nitrogen and oxygen atoms in total. The molecule has 192 valence electrons. The van der Waals surface area contributed by atoms with Gasteiger partial charge in [-0.1, -0.05) is 0 Å². The van der Waals surface area contributed by atoms with Gasteiger partial charge in [-0.05, 0) is 9.13 Å². The fraction of sp³-hybridized carbons (Fsp3) is 1.00. The van der Waals surface area contributed by atoms with Crippen LogP contribution < -0.4 is 148 Å². The molecule has 1 saturated carbocycles. The maximum absolute atomic E-state index is 11.8. The van der Waals surface area contributed by atoms with Crippen LogP contribution in [0.1, 0.15) is 0 Å². The summed E-state index contributed by atoms with van der Waals surface area (Å²) < 4.78 is 97.0. The Balaban J connectivity index is -0.00000116. The van der Waals surface area contributed by atoms with Crippen LogP contribution in [0.2, 0.25) is 0 Å². The van der Waals surface area contributed by atoms with Gasteiger partial charge in [-0.3, -0.25) is 18.3 Å². The third kappa shape index (κ3) is 17.1. The van der Waals surface area contributed by atoms with E-state index in [0.29, 0.717) is 0 Å². The molecule has 12 atom stereocenters. The Kier molecular flexibility index (Phi) is 26.9. The number of phosphoric ester groups is 4. The first-order valence-electron chi connectivity index (χ1n) is 7.47. The van der Waals surface area contributed by atoms with Crippen LogP contribution >= 0.6 is 47.8 Å². The number of phosphoric acid groups is 4. The molecule has 1 aliphatic heterocycles. The molecule has 6 unspecified atom stereocenters. The zero-order valence-corrected chi connectivity index (χ0v) is 35.1. The Morgan fingerprint density at radius 2 is 1.03 bits per heavy atom. The van der Waals surface area contributed by atoms with Crippen molar-refractivity contribution in [1.29, 1.82) is 0 Å². The van der Waals surface area contributed by atoms with Gasteiger partial charge in [0.05, 0.1) is 0 Å². The molecular weight excluding hydrogens is 726 g/mol. The topological polar surface area (TPSA) is 346 Å². The van der Waals surface area contributed by atoms with Crippen LogP contribution in [0.25, 0.3) is 0 Å². The molecule has 0 amide bonds. The van der Waals surface area contributed by atoms with Gasteiger partial charge in [-0.2, -0.15) is 0 Å². The van der Waals surface area contributed by atoms with Crippen molar-refractivity contribution >= 4 is 85.5 Å². The Bertz CT molecular complexity index is 987. The molecule has 0 aromatic carbocycles. The van der Waals surface area contributed by atoms with Crippen molar-refractivity contribution in [2.24, 2.45) is 0 Å². The maximum atomic E-state index is 11.8. The van der Waals surface area contributed by atoms with Crippen LogP contribution in [0, 0.1) is 0 Å². The van der Waals surface area contributed by atoms with Crippen LogP contribution in [0.15, 0.2) is 0 Å². The second-order valence-corrected chi connectivity index (χ2v) is 12.3. The van der Waals surface area contributed by atoms with Gasteiger partial charge in [0.2, 0.25) is 0 Å². The molecule has 0 aromatic heterocycles. The summed E-state index contributed by atoms with van der Waals surface area (Å²) in [5.41, 5.74) is 0. The number of fused-ring (bicyclic) bond motifs is 1. The smallest absolute Gasteiger partial charge is 0.756 e. The third-order valence-corrected chi connectivity index (χ3v) is 8.02. The molecule has 1 aliphatic carbocycles. The molecule has 32 heteroatoms. The van der Waals surface area contributed by atoms with E-state index in [2.05, 4.69) is 31.5 Å². The third-order valence-electron chi connectivity index (χ3n) is 3.57. The van der Waals surface area contributed by atoms with E-state index in [-0.39, 0.29) is 156 Å². The summed E-state index contributed by atoms with van der Waals surface area (Å²) >= 11 is 0. The molecule has 2 rings (SSSR count). The van der Waals surface area contributed by atoms with Gasteiger partial charge in [-0.15, -0.1) is 9.05 Å². The van der Waals surface area contributed by atoms with Crippen molar-refractivity contribution < 1.29 is 216 Å². The Morgan fingerprint density at radius 1 is 0.711 bits per heavy atom. The van der Waals surface area contributed by atoms with Gasteiger partial charge in [0.15, 0.2) is 12.2 Å². The van der Waals surface area contributed by atoms with Crippen LogP contribution in [0.4, 0.5) is 0 Å². The van der Waals surface area contributed by atoms with Crippen LogP contribution in [0.5, 0.6) is 0 Å². The number of hydrogen-bond acceptors (Lipinski definition) is 19. The second kappa shape index (κ2) is 20.2. The van der Waals surface area contributed by atoms with E-state index in [9.17, 15) is 56.8 Å². The average Bonchev–Trinajstić information content (AvgIpc) is 2.62. The summed E-state index contributed by atoms with van der Waals surface area (Å²) in [5, 5.41) is 0. The molecule has 1 saturated heterocycles. The van der Waals surface area contributed by atoms with E-state index in [1.54, 1.807) is 0 Å². The van der Waals surface area contributed by atoms with Gasteiger partial charge in [-0.25, -0.2) is 4.31 Å². The van der Waals surface area contributed by atoms with Gasteiger partial charge in [0, 0.05) is 0 Å². The van der Waals surface area contributed by atoms with E-state index < -0.39 is 84.4 Å². The largest absolute Gasteiger partial charge is 2.00 e. The average molecular weight is 734 g/mol. The summed E-state index contributed by atoms with van der Waals surface area (Å²) in [7, 11) is -32.5. The quantitative estimate of drug-likeness (QED) is 0.173. The van der Waals surface area contributed by atoms with Crippen LogP contribution in [-0.4, -0.2) is 84.1 Å². The molecule has 2 aliphatic rings. The zero-order valence-electron chi connectivity index (χ0n) is 19.5. The molecule has 0 radical (unpaired) electrons. The summed E-state index contributed by atoms with van der Waals surface area (Å²) in [5.74, 6) is 0. The van der Waals surface area contributed by atoms with Crippen molar-refractivity contribution in [3.05, 3.63) is 0 Å². The van der Waals surface area contributed by atoms with E-state index >= 15 is 0 Å². The zero-order chi connectivity index (χ0) is 25.6. The Hall–Kier alpha value is 5.78. The van der Waals surface area contributed by atoms with Crippen molar-refractivity contribution in [2.45, 2.75) is 36.6 Å². The fourth-order valence-electron chi connectivity index (χ4n) is 2.81. The van der Waals surface area contributed by atoms with Crippen LogP contribution in [-0.2, 0) is 58.8 Å². The molecular formula is C6H8CaNa4O21P6+2. The fourth-order valence-corrected chi connectivity index (χ4v) is 7.14. The molecule has 0 aromatic rings. The molecule has 0 spiro atoms. The van der Waals surface area contributed by atoms with E-state index in [1.165, 1.54) is 0 Å². The predicted molar refractivity (Wildman–Crippen MR) is 86.2 cm³/mol. The summed E-state index contributed by atoms with van der Waals surface area (Å²) in [4.78, 5) is 86.3. The second-order valence-electron chi connectivity index (χ2n) is 5.78. The minimum absolute atomic E-state index is 0. The molecule has 2 fully saturated rings. The number of rotatable bonds is 8. The maximum Gasteiger partial charge on any atom is 2.00 e. The minimum Gasteiger partial charge on any atom is -0.756 e. The van der Waals surface area contributed by atoms with Gasteiger partial charge < -0.3 is 57.2 Å². The van der Waals surface area contributed by atoms with Crippen molar-refractivity contribution in [3.8, 4) is 0 Å². The first kappa shape index (κ1) is 50.6. The van der Waals surface area contributed by atoms with Crippen molar-refractivity contribution in [3.63, 3.8) is 0 Å². The van der Waals surface area contributed by atoms with E-state index in [0.717, 1.165) is 0 Å². The molecule has 1 heterocycles. The summed E-state index contributed by atoms with van der Waals surface area (Å²) in [6.07, 6.45) is -16.8. The first-order valence-corrected chi connectivity index (χ1v) is 15.6. The summed E-state index contributed by atoms with van der Waals surface area (Å²) in [6.45, 7) is 0. The molecule has 2 N–H and O–H groups in total. The molecule has 38 heavy (non-hydrogen) atoms. The van der Waals surface area contributed by atoms with Gasteiger partial charge in [0.1, 0.15) is 24.4 Å². The molecule has 0 bridgehead atoms. The number of hydrogen-bond donors (Lipinski definition) is 2. The normalized spacial score (nSPS) is 38.2. The van der Waals surface area contributed by atoms with Gasteiger partial charge in [0.25, 0.3) is 31.3 Å². The van der Waals surface area contributed by atoms with E-state index in [4.69, 9.17) is 9.79 Å². The van der Waals surface area contributed by atoms with E-state index in [1.807, 2.05) is 0 Å². The van der Waals surface area contributed by atoms with Crippen molar-refractivity contribution in [1.82, 2.24) is 0 Å². The first-order chi connectivity index (χ1) is 14.7. The summed E-state index contributed by atoms with van der Waals surface area (Å²) in [6, 6.07) is 0. The monoisotopic (exact) mass is 734 g/mol. The van der Waals surface area contributed by atoms with Gasteiger partial charge >= 0.3 is 172 Å². The van der Waals surface area contributed by atoms with Crippen molar-refractivity contribution in [2.75, 3.05) is 0 Å². The minimum atomic E-state index is -6.06. The Labute approximate surface area is 332 Å². The SMILES string of the molecule is O=[P+]([O-])O[C@@H]1[C@@H](OP(=O)([O-])O)[C@H](O[P+](=O)[O-])[C@@H](OP(=O)([O-])O)[C@H]2OP(=O)([O-])OP(=O)([O-])O[C@@H]12.[Ca+2].[Na+].[Na+].[Na+].[Na+]. The standard InChI is InChI=1S/C6H12O21P6.Ca.4Na/c7-28(8)21-1-3(23-30(11,12)13)2(22-29(9)10)5-6(4(1)24-31(14,15)16)26-33(19,20)27-32(17,18)25-5;;;;;/h1-6H,(H,17,18)(H,19,20)(H2,11,12,13)(H2,14,15,16);;;;;/q;+2;4*+1/p-4/t1-,2+,3-,4+,5-,6+;;;;;/m0...../s1. The van der Waals surface area contributed by atoms with Crippen LogP contribution in [0.3, 0.4) is 0 Å². The predicted octanol–water partition coefficient (Wildman–Crippen LogP) is -17.1. The Morgan fingerprint density at radius 3 is 1.37 bits per heavy atom.